The van der Waals surface area contributed by atoms with Crippen molar-refractivity contribution in [2.75, 3.05) is 5.43 Å². The van der Waals surface area contributed by atoms with Crippen LogP contribution in [0.5, 0.6) is 5.75 Å². The summed E-state index contributed by atoms with van der Waals surface area (Å²) in [4.78, 5) is 10.3. The Labute approximate surface area is 194 Å². The number of fused-ring (bicyclic) bond motifs is 1. The van der Waals surface area contributed by atoms with Crippen LogP contribution in [0.25, 0.3) is 10.8 Å². The molecule has 1 N–H and O–H groups in total. The van der Waals surface area contributed by atoms with Gasteiger partial charge in [0.25, 0.3) is 5.69 Å². The standard InChI is InChI=1S/C24H14F5N3O3/c25-19-20(26)22(28)24(23(29)21(19)27)31-30-11-17-16-4-2-1-3-14(16)7-10-18(17)35-12-13-5-8-15(9-6-13)32(33)34/h1-11,31H,12H2/b30-11+. The first-order valence-electron chi connectivity index (χ1n) is 9.96. The van der Waals surface area contributed by atoms with E-state index in [1.807, 2.05) is 5.43 Å². The predicted molar refractivity (Wildman–Crippen MR) is 119 cm³/mol. The van der Waals surface area contributed by atoms with E-state index in [2.05, 4.69) is 5.10 Å². The Morgan fingerprint density at radius 3 is 2.14 bits per heavy atom. The number of halogens is 5. The molecule has 0 aliphatic rings. The van der Waals surface area contributed by atoms with Crippen LogP contribution in [0.15, 0.2) is 65.8 Å². The molecule has 4 rings (SSSR count). The van der Waals surface area contributed by atoms with Crippen LogP contribution in [0, 0.1) is 39.2 Å². The minimum atomic E-state index is -2.27. The molecule has 0 saturated carbocycles. The summed E-state index contributed by atoms with van der Waals surface area (Å²) < 4.78 is 73.8. The second-order valence-electron chi connectivity index (χ2n) is 7.23. The summed E-state index contributed by atoms with van der Waals surface area (Å²) in [5.74, 6) is -10.3. The van der Waals surface area contributed by atoms with E-state index in [1.54, 1.807) is 36.4 Å². The molecule has 4 aromatic carbocycles. The number of anilines is 1. The Hall–Kier alpha value is -4.54. The van der Waals surface area contributed by atoms with Gasteiger partial charge in [-0.1, -0.05) is 30.3 Å². The summed E-state index contributed by atoms with van der Waals surface area (Å²) in [5, 5.41) is 15.9. The number of hydrogen-bond donors (Lipinski definition) is 1. The zero-order valence-electron chi connectivity index (χ0n) is 17.6. The van der Waals surface area contributed by atoms with Crippen LogP contribution in [-0.2, 0) is 6.61 Å². The number of rotatable bonds is 7. The number of non-ortho nitro benzene ring substituents is 1. The molecule has 0 aliphatic carbocycles. The molecule has 0 amide bonds. The molecule has 6 nitrogen and oxygen atoms in total. The van der Waals surface area contributed by atoms with Crippen molar-refractivity contribution in [1.82, 2.24) is 0 Å². The summed E-state index contributed by atoms with van der Waals surface area (Å²) in [7, 11) is 0. The van der Waals surface area contributed by atoms with Crippen LogP contribution < -0.4 is 10.2 Å². The van der Waals surface area contributed by atoms with E-state index in [-0.39, 0.29) is 12.3 Å². The van der Waals surface area contributed by atoms with Gasteiger partial charge >= 0.3 is 0 Å². The number of benzene rings is 4. The summed E-state index contributed by atoms with van der Waals surface area (Å²) in [5.41, 5.74) is 1.49. The van der Waals surface area contributed by atoms with Gasteiger partial charge in [0.2, 0.25) is 5.82 Å². The molecule has 4 aromatic rings. The summed E-state index contributed by atoms with van der Waals surface area (Å²) in [6.07, 6.45) is 1.13. The first-order valence-corrected chi connectivity index (χ1v) is 9.96. The highest BCUT2D eigenvalue weighted by Crippen LogP contribution is 2.29. The fourth-order valence-corrected chi connectivity index (χ4v) is 3.27. The average molecular weight is 487 g/mol. The van der Waals surface area contributed by atoms with E-state index >= 15 is 0 Å². The van der Waals surface area contributed by atoms with Gasteiger partial charge in [0, 0.05) is 17.7 Å². The van der Waals surface area contributed by atoms with Crippen LogP contribution in [0.4, 0.5) is 33.3 Å². The van der Waals surface area contributed by atoms with Gasteiger partial charge in [-0.05, 0) is 34.5 Å². The van der Waals surface area contributed by atoms with Crippen LogP contribution in [-0.4, -0.2) is 11.1 Å². The molecule has 35 heavy (non-hydrogen) atoms. The lowest BCUT2D eigenvalue weighted by molar-refractivity contribution is -0.384. The van der Waals surface area contributed by atoms with E-state index in [0.717, 1.165) is 11.6 Å². The Bertz CT molecular complexity index is 1430. The van der Waals surface area contributed by atoms with E-state index in [9.17, 15) is 32.1 Å². The van der Waals surface area contributed by atoms with E-state index < -0.39 is 39.7 Å². The van der Waals surface area contributed by atoms with Crippen molar-refractivity contribution < 1.29 is 31.6 Å². The largest absolute Gasteiger partial charge is 0.488 e. The topological polar surface area (TPSA) is 76.8 Å². The fourth-order valence-electron chi connectivity index (χ4n) is 3.27. The third kappa shape index (κ3) is 4.74. The van der Waals surface area contributed by atoms with Crippen molar-refractivity contribution in [2.24, 2.45) is 5.10 Å². The van der Waals surface area contributed by atoms with Crippen molar-refractivity contribution in [3.63, 3.8) is 0 Å². The molecule has 0 bridgehead atoms. The maximum Gasteiger partial charge on any atom is 0.269 e. The number of nitro groups is 1. The summed E-state index contributed by atoms with van der Waals surface area (Å²) in [6, 6.07) is 16.1. The molecule has 0 aromatic heterocycles. The number of hydrogen-bond acceptors (Lipinski definition) is 5. The molecule has 11 heteroatoms. The van der Waals surface area contributed by atoms with E-state index in [0.29, 0.717) is 22.3 Å². The van der Waals surface area contributed by atoms with Gasteiger partial charge < -0.3 is 4.74 Å². The molecular formula is C24H14F5N3O3. The van der Waals surface area contributed by atoms with Gasteiger partial charge in [-0.2, -0.15) is 5.10 Å². The van der Waals surface area contributed by atoms with Crippen molar-refractivity contribution in [1.29, 1.82) is 0 Å². The highest BCUT2D eigenvalue weighted by molar-refractivity contribution is 6.02. The molecule has 0 saturated heterocycles. The molecule has 0 spiro atoms. The number of nitro benzene ring substituents is 1. The molecule has 0 atom stereocenters. The number of nitrogens with one attached hydrogen (secondary N) is 1. The number of ether oxygens (including phenoxy) is 1. The third-order valence-electron chi connectivity index (χ3n) is 5.05. The van der Waals surface area contributed by atoms with Gasteiger partial charge in [0.1, 0.15) is 18.0 Å². The normalized spacial score (nSPS) is 11.2. The van der Waals surface area contributed by atoms with Crippen LogP contribution in [0.3, 0.4) is 0 Å². The lowest BCUT2D eigenvalue weighted by Gasteiger charge is -2.12. The number of hydrazone groups is 1. The Morgan fingerprint density at radius 1 is 0.857 bits per heavy atom. The lowest BCUT2D eigenvalue weighted by atomic mass is 10.0. The Kier molecular flexibility index (Phi) is 6.58. The van der Waals surface area contributed by atoms with Gasteiger partial charge in [-0.25, -0.2) is 22.0 Å². The minimum absolute atomic E-state index is 0.0300. The average Bonchev–Trinajstić information content (AvgIpc) is 2.87. The van der Waals surface area contributed by atoms with Crippen LogP contribution in [0.1, 0.15) is 11.1 Å². The quantitative estimate of drug-likeness (QED) is 0.0810. The van der Waals surface area contributed by atoms with Crippen molar-refractivity contribution in [3.8, 4) is 5.75 Å². The lowest BCUT2D eigenvalue weighted by Crippen LogP contribution is -2.07. The predicted octanol–water partition coefficient (Wildman–Crippen LogP) is 6.47. The van der Waals surface area contributed by atoms with Gasteiger partial charge in [0.15, 0.2) is 23.3 Å². The van der Waals surface area contributed by atoms with Crippen LogP contribution in [0.2, 0.25) is 0 Å². The van der Waals surface area contributed by atoms with Crippen molar-refractivity contribution in [3.05, 3.63) is 111 Å². The maximum atomic E-state index is 13.9. The molecule has 178 valence electrons. The third-order valence-corrected chi connectivity index (χ3v) is 5.05. The summed E-state index contributed by atoms with van der Waals surface area (Å²) >= 11 is 0. The zero-order chi connectivity index (χ0) is 25.1. The van der Waals surface area contributed by atoms with Crippen molar-refractivity contribution in [2.45, 2.75) is 6.61 Å². The molecule has 0 aliphatic heterocycles. The highest BCUT2D eigenvalue weighted by atomic mass is 19.2. The molecule has 0 fully saturated rings. The fraction of sp³-hybridized carbons (Fsp3) is 0.0417. The first-order chi connectivity index (χ1) is 16.8. The molecular weight excluding hydrogens is 473 g/mol. The highest BCUT2D eigenvalue weighted by Gasteiger charge is 2.25. The Morgan fingerprint density at radius 2 is 1.49 bits per heavy atom. The van der Waals surface area contributed by atoms with Crippen molar-refractivity contribution >= 4 is 28.4 Å². The number of nitrogens with zero attached hydrogens (tertiary/aromatic N) is 2. The van der Waals surface area contributed by atoms with E-state index in [1.165, 1.54) is 24.3 Å². The van der Waals surface area contributed by atoms with Gasteiger partial charge in [-0.15, -0.1) is 0 Å². The monoisotopic (exact) mass is 487 g/mol. The second-order valence-corrected chi connectivity index (χ2v) is 7.23. The summed E-state index contributed by atoms with van der Waals surface area (Å²) in [6.45, 7) is 0.0300. The smallest absolute Gasteiger partial charge is 0.269 e. The van der Waals surface area contributed by atoms with Crippen LogP contribution >= 0.6 is 0 Å². The SMILES string of the molecule is O=[N+]([O-])c1ccc(COc2ccc3ccccc3c2/C=N/Nc2c(F)c(F)c(F)c(F)c2F)cc1. The maximum absolute atomic E-state index is 13.9. The second kappa shape index (κ2) is 9.75. The minimum Gasteiger partial charge on any atom is -0.488 e. The zero-order valence-corrected chi connectivity index (χ0v) is 17.6. The van der Waals surface area contributed by atoms with E-state index in [4.69, 9.17) is 4.74 Å². The Balaban J connectivity index is 1.64. The first kappa shape index (κ1) is 23.6. The van der Waals surface area contributed by atoms with Gasteiger partial charge in [0.05, 0.1) is 11.1 Å². The molecule has 0 radical (unpaired) electrons. The molecule has 0 unspecified atom stereocenters. The molecule has 0 heterocycles. The van der Waals surface area contributed by atoms with Gasteiger partial charge in [-0.3, -0.25) is 15.5 Å².